The number of halogens is 1. The summed E-state index contributed by atoms with van der Waals surface area (Å²) in [4.78, 5) is 0. The topological polar surface area (TPSA) is 32.3 Å². The standard InChI is InChI=1S/C11H16BrNO/c1-7-4-9(11(14)6-13-3)8(2)10(12)5-7/h4-5,11,13-14H,6H2,1-3H3. The van der Waals surface area contributed by atoms with Gasteiger partial charge < -0.3 is 10.4 Å². The fourth-order valence-electron chi connectivity index (χ4n) is 1.49. The minimum atomic E-state index is -0.434. The van der Waals surface area contributed by atoms with Crippen molar-refractivity contribution in [1.82, 2.24) is 5.32 Å². The molecule has 0 fully saturated rings. The lowest BCUT2D eigenvalue weighted by Gasteiger charge is -2.15. The lowest BCUT2D eigenvalue weighted by atomic mass is 10.0. The molecule has 0 bridgehead atoms. The molecule has 3 heteroatoms. The Morgan fingerprint density at radius 3 is 2.64 bits per heavy atom. The van der Waals surface area contributed by atoms with Crippen LogP contribution in [-0.2, 0) is 0 Å². The van der Waals surface area contributed by atoms with Crippen molar-refractivity contribution in [2.45, 2.75) is 20.0 Å². The Hall–Kier alpha value is -0.380. The Morgan fingerprint density at radius 2 is 2.07 bits per heavy atom. The van der Waals surface area contributed by atoms with Crippen LogP contribution in [0.4, 0.5) is 0 Å². The first-order valence-corrected chi connectivity index (χ1v) is 5.45. The van der Waals surface area contributed by atoms with Crippen molar-refractivity contribution in [3.63, 3.8) is 0 Å². The highest BCUT2D eigenvalue weighted by Gasteiger charge is 2.11. The van der Waals surface area contributed by atoms with Gasteiger partial charge in [-0.25, -0.2) is 0 Å². The van der Waals surface area contributed by atoms with Crippen LogP contribution >= 0.6 is 15.9 Å². The van der Waals surface area contributed by atoms with Crippen LogP contribution in [0.5, 0.6) is 0 Å². The van der Waals surface area contributed by atoms with Gasteiger partial charge in [-0.05, 0) is 43.7 Å². The fraction of sp³-hybridized carbons (Fsp3) is 0.455. The Morgan fingerprint density at radius 1 is 1.43 bits per heavy atom. The third-order valence-corrected chi connectivity index (χ3v) is 3.11. The van der Waals surface area contributed by atoms with Crippen molar-refractivity contribution in [3.8, 4) is 0 Å². The van der Waals surface area contributed by atoms with Gasteiger partial charge in [-0.15, -0.1) is 0 Å². The molecule has 0 aliphatic rings. The molecule has 0 aliphatic carbocycles. The van der Waals surface area contributed by atoms with E-state index in [4.69, 9.17) is 0 Å². The summed E-state index contributed by atoms with van der Waals surface area (Å²) in [5.74, 6) is 0. The number of aryl methyl sites for hydroxylation is 1. The van der Waals surface area contributed by atoms with Gasteiger partial charge in [0.15, 0.2) is 0 Å². The second-order valence-corrected chi connectivity index (χ2v) is 4.39. The average molecular weight is 258 g/mol. The van der Waals surface area contributed by atoms with E-state index in [1.165, 1.54) is 0 Å². The molecular formula is C11H16BrNO. The van der Waals surface area contributed by atoms with Crippen molar-refractivity contribution < 1.29 is 5.11 Å². The third-order valence-electron chi connectivity index (χ3n) is 2.29. The molecule has 0 heterocycles. The molecule has 1 unspecified atom stereocenters. The highest BCUT2D eigenvalue weighted by Crippen LogP contribution is 2.26. The van der Waals surface area contributed by atoms with Gasteiger partial charge in [0.1, 0.15) is 0 Å². The monoisotopic (exact) mass is 257 g/mol. The van der Waals surface area contributed by atoms with Gasteiger partial charge in [0.05, 0.1) is 6.10 Å². The molecular weight excluding hydrogens is 242 g/mol. The van der Waals surface area contributed by atoms with Crippen molar-refractivity contribution >= 4 is 15.9 Å². The van der Waals surface area contributed by atoms with Crippen LogP contribution in [0.1, 0.15) is 22.8 Å². The van der Waals surface area contributed by atoms with Crippen LogP contribution in [0.25, 0.3) is 0 Å². The van der Waals surface area contributed by atoms with E-state index in [1.807, 2.05) is 27.0 Å². The molecule has 14 heavy (non-hydrogen) atoms. The van der Waals surface area contributed by atoms with Gasteiger partial charge in [-0.2, -0.15) is 0 Å². The average Bonchev–Trinajstić information content (AvgIpc) is 2.11. The van der Waals surface area contributed by atoms with Crippen LogP contribution in [-0.4, -0.2) is 18.7 Å². The van der Waals surface area contributed by atoms with Gasteiger partial charge >= 0.3 is 0 Å². The summed E-state index contributed by atoms with van der Waals surface area (Å²) in [6.45, 7) is 4.62. The van der Waals surface area contributed by atoms with Crippen molar-refractivity contribution in [2.24, 2.45) is 0 Å². The highest BCUT2D eigenvalue weighted by atomic mass is 79.9. The Kier molecular flexibility index (Phi) is 4.11. The van der Waals surface area contributed by atoms with Crippen LogP contribution < -0.4 is 5.32 Å². The molecule has 0 radical (unpaired) electrons. The molecule has 0 spiro atoms. The van der Waals surface area contributed by atoms with E-state index in [0.29, 0.717) is 6.54 Å². The van der Waals surface area contributed by atoms with E-state index >= 15 is 0 Å². The molecule has 1 atom stereocenters. The highest BCUT2D eigenvalue weighted by molar-refractivity contribution is 9.10. The van der Waals surface area contributed by atoms with E-state index < -0.39 is 6.10 Å². The SMILES string of the molecule is CNCC(O)c1cc(C)cc(Br)c1C. The molecule has 2 N–H and O–H groups in total. The molecule has 1 aromatic rings. The van der Waals surface area contributed by atoms with Gasteiger partial charge in [0, 0.05) is 11.0 Å². The Labute approximate surface area is 93.5 Å². The lowest BCUT2D eigenvalue weighted by molar-refractivity contribution is 0.177. The van der Waals surface area contributed by atoms with E-state index in [9.17, 15) is 5.11 Å². The van der Waals surface area contributed by atoms with Gasteiger partial charge in [0.25, 0.3) is 0 Å². The van der Waals surface area contributed by atoms with Gasteiger partial charge in [0.2, 0.25) is 0 Å². The lowest BCUT2D eigenvalue weighted by Crippen LogP contribution is -2.17. The number of rotatable bonds is 3. The largest absolute Gasteiger partial charge is 0.387 e. The van der Waals surface area contributed by atoms with Crippen LogP contribution in [0, 0.1) is 13.8 Å². The number of benzene rings is 1. The molecule has 0 aromatic heterocycles. The van der Waals surface area contributed by atoms with Gasteiger partial charge in [-0.3, -0.25) is 0 Å². The van der Waals surface area contributed by atoms with Crippen molar-refractivity contribution in [1.29, 1.82) is 0 Å². The number of hydrogen-bond acceptors (Lipinski definition) is 2. The normalized spacial score (nSPS) is 12.9. The molecule has 0 saturated carbocycles. The summed E-state index contributed by atoms with van der Waals surface area (Å²) in [5.41, 5.74) is 3.26. The number of aliphatic hydroxyl groups is 1. The second-order valence-electron chi connectivity index (χ2n) is 3.53. The first-order chi connectivity index (χ1) is 6.56. The predicted molar refractivity (Wildman–Crippen MR) is 62.5 cm³/mol. The number of hydrogen-bond donors (Lipinski definition) is 2. The Bertz CT molecular complexity index is 325. The maximum atomic E-state index is 9.87. The van der Waals surface area contributed by atoms with Gasteiger partial charge in [-0.1, -0.05) is 22.0 Å². The minimum Gasteiger partial charge on any atom is -0.387 e. The van der Waals surface area contributed by atoms with Crippen LogP contribution in [0.2, 0.25) is 0 Å². The summed E-state index contributed by atoms with van der Waals surface area (Å²) < 4.78 is 1.06. The summed E-state index contributed by atoms with van der Waals surface area (Å²) in [5, 5.41) is 12.8. The maximum absolute atomic E-state index is 9.87. The summed E-state index contributed by atoms with van der Waals surface area (Å²) >= 11 is 3.48. The van der Waals surface area contributed by atoms with Crippen LogP contribution in [0.15, 0.2) is 16.6 Å². The predicted octanol–water partition coefficient (Wildman–Crippen LogP) is 2.32. The zero-order chi connectivity index (χ0) is 10.7. The number of likely N-dealkylation sites (N-methyl/N-ethyl adjacent to an activating group) is 1. The first-order valence-electron chi connectivity index (χ1n) is 4.65. The van der Waals surface area contributed by atoms with Crippen molar-refractivity contribution in [3.05, 3.63) is 33.3 Å². The number of nitrogens with one attached hydrogen (secondary N) is 1. The number of aliphatic hydroxyl groups excluding tert-OH is 1. The van der Waals surface area contributed by atoms with E-state index in [0.717, 1.165) is 21.2 Å². The summed E-state index contributed by atoms with van der Waals surface area (Å²) in [6, 6.07) is 4.09. The zero-order valence-electron chi connectivity index (χ0n) is 8.76. The third kappa shape index (κ3) is 2.56. The molecule has 78 valence electrons. The molecule has 1 rings (SSSR count). The second kappa shape index (κ2) is 4.91. The summed E-state index contributed by atoms with van der Waals surface area (Å²) in [7, 11) is 1.84. The fourth-order valence-corrected chi connectivity index (χ4v) is 2.08. The quantitative estimate of drug-likeness (QED) is 0.872. The van der Waals surface area contributed by atoms with Crippen LogP contribution in [0.3, 0.4) is 0 Å². The maximum Gasteiger partial charge on any atom is 0.0917 e. The molecule has 1 aromatic carbocycles. The van der Waals surface area contributed by atoms with E-state index in [-0.39, 0.29) is 0 Å². The minimum absolute atomic E-state index is 0.434. The zero-order valence-corrected chi connectivity index (χ0v) is 10.4. The summed E-state index contributed by atoms with van der Waals surface area (Å²) in [6.07, 6.45) is -0.434. The molecule has 0 saturated heterocycles. The van der Waals surface area contributed by atoms with Crippen molar-refractivity contribution in [2.75, 3.05) is 13.6 Å². The first kappa shape index (κ1) is 11.7. The molecule has 0 amide bonds. The molecule has 0 aliphatic heterocycles. The Balaban J connectivity index is 3.07. The smallest absolute Gasteiger partial charge is 0.0917 e. The molecule has 2 nitrogen and oxygen atoms in total. The van der Waals surface area contributed by atoms with E-state index in [1.54, 1.807) is 0 Å². The van der Waals surface area contributed by atoms with E-state index in [2.05, 4.69) is 27.3 Å².